The summed E-state index contributed by atoms with van der Waals surface area (Å²) in [7, 11) is 0. The quantitative estimate of drug-likeness (QED) is 0.353. The molecule has 2 spiro atoms. The maximum atomic E-state index is 13.4. The minimum Gasteiger partial charge on any atom is -0.393 e. The van der Waals surface area contributed by atoms with Crippen molar-refractivity contribution in [2.45, 2.75) is 63.3 Å². The fraction of sp³-hybridized carbons (Fsp3) is 0.850. The second-order valence-electron chi connectivity index (χ2n) is 10.1. The molecular formula is C20H28O7. The largest absolute Gasteiger partial charge is 0.393 e. The van der Waals surface area contributed by atoms with E-state index >= 15 is 0 Å². The van der Waals surface area contributed by atoms with E-state index in [2.05, 4.69) is 6.58 Å². The average Bonchev–Trinajstić information content (AvgIpc) is 2.71. The zero-order valence-corrected chi connectivity index (χ0v) is 15.6. The summed E-state index contributed by atoms with van der Waals surface area (Å²) in [5.41, 5.74) is -3.33. The first-order valence-corrected chi connectivity index (χ1v) is 9.80. The molecule has 150 valence electrons. The molecule has 10 unspecified atom stereocenters. The van der Waals surface area contributed by atoms with Crippen molar-refractivity contribution in [2.75, 3.05) is 6.61 Å². The number of carbonyl (C=O) groups excluding carboxylic acids is 1. The first-order valence-electron chi connectivity index (χ1n) is 9.80. The minimum absolute atomic E-state index is 0.0730. The summed E-state index contributed by atoms with van der Waals surface area (Å²) in [5, 5.41) is 56.3. The van der Waals surface area contributed by atoms with E-state index in [4.69, 9.17) is 4.74 Å². The Morgan fingerprint density at radius 2 is 1.78 bits per heavy atom. The molecule has 4 saturated carbocycles. The van der Waals surface area contributed by atoms with Crippen molar-refractivity contribution < 1.29 is 35.1 Å². The number of aliphatic hydroxyl groups is 5. The highest BCUT2D eigenvalue weighted by molar-refractivity contribution is 6.05. The number of aliphatic hydroxyl groups excluding tert-OH is 4. The third-order valence-corrected chi connectivity index (χ3v) is 8.87. The summed E-state index contributed by atoms with van der Waals surface area (Å²) >= 11 is 0. The predicted molar refractivity (Wildman–Crippen MR) is 92.0 cm³/mol. The molecule has 6 aliphatic rings. The molecule has 0 radical (unpaired) electrons. The van der Waals surface area contributed by atoms with Gasteiger partial charge in [-0.2, -0.15) is 0 Å². The van der Waals surface area contributed by atoms with Crippen LogP contribution in [0, 0.1) is 34.0 Å². The Morgan fingerprint density at radius 1 is 1.11 bits per heavy atom. The molecule has 0 aromatic heterocycles. The van der Waals surface area contributed by atoms with E-state index in [1.165, 1.54) is 0 Å². The molecule has 27 heavy (non-hydrogen) atoms. The van der Waals surface area contributed by atoms with Crippen LogP contribution in [0.25, 0.3) is 0 Å². The lowest BCUT2D eigenvalue weighted by atomic mass is 9.35. The van der Waals surface area contributed by atoms with Crippen LogP contribution in [0.4, 0.5) is 0 Å². The first-order chi connectivity index (χ1) is 12.5. The number of fused-ring (bicyclic) bond motifs is 2. The monoisotopic (exact) mass is 380 g/mol. The van der Waals surface area contributed by atoms with Crippen LogP contribution in [0.3, 0.4) is 0 Å². The third-order valence-electron chi connectivity index (χ3n) is 8.87. The van der Waals surface area contributed by atoms with Gasteiger partial charge in [0.05, 0.1) is 24.9 Å². The number of ether oxygens (including phenoxy) is 1. The van der Waals surface area contributed by atoms with Crippen molar-refractivity contribution in [3.8, 4) is 0 Å². The normalized spacial score (nSPS) is 60.9. The maximum absolute atomic E-state index is 13.4. The molecule has 10 atom stereocenters. The van der Waals surface area contributed by atoms with Crippen molar-refractivity contribution in [2.24, 2.45) is 34.0 Å². The van der Waals surface area contributed by atoms with Crippen LogP contribution in [-0.2, 0) is 9.53 Å². The van der Waals surface area contributed by atoms with E-state index in [0.717, 1.165) is 0 Å². The maximum Gasteiger partial charge on any atom is 0.208 e. The van der Waals surface area contributed by atoms with Gasteiger partial charge < -0.3 is 30.3 Å². The molecule has 5 N–H and O–H groups in total. The van der Waals surface area contributed by atoms with E-state index in [1.54, 1.807) is 0 Å². The fourth-order valence-electron chi connectivity index (χ4n) is 7.93. The molecule has 6 rings (SSSR count). The lowest BCUT2D eigenvalue weighted by Gasteiger charge is -2.75. The fourth-order valence-corrected chi connectivity index (χ4v) is 7.93. The Kier molecular flexibility index (Phi) is 3.26. The van der Waals surface area contributed by atoms with Crippen LogP contribution in [0.2, 0.25) is 0 Å². The number of rotatable bonds is 0. The van der Waals surface area contributed by atoms with Crippen LogP contribution in [0.15, 0.2) is 12.2 Å². The van der Waals surface area contributed by atoms with Crippen LogP contribution >= 0.6 is 0 Å². The Hall–Kier alpha value is -0.830. The molecule has 4 aliphatic carbocycles. The first kappa shape index (κ1) is 18.2. The van der Waals surface area contributed by atoms with Crippen LogP contribution in [0.5, 0.6) is 0 Å². The number of hydrogen-bond donors (Lipinski definition) is 5. The molecule has 2 saturated heterocycles. The van der Waals surface area contributed by atoms with Gasteiger partial charge >= 0.3 is 0 Å². The SMILES string of the molecule is C=C1C(=O)C23C(O)C1CC(O)C2C12COC3(O)C(O)C1C(C)(C)CCC2O. The summed E-state index contributed by atoms with van der Waals surface area (Å²) in [6, 6.07) is 0. The number of Topliss-reactive ketones (excluding diaryl/α,β-unsaturated/α-hetero) is 1. The summed E-state index contributed by atoms with van der Waals surface area (Å²) in [4.78, 5) is 13.4. The second kappa shape index (κ2) is 4.83. The molecule has 2 heterocycles. The van der Waals surface area contributed by atoms with Gasteiger partial charge in [0, 0.05) is 23.2 Å². The van der Waals surface area contributed by atoms with Gasteiger partial charge in [-0.3, -0.25) is 4.79 Å². The number of ketones is 1. The highest BCUT2D eigenvalue weighted by atomic mass is 16.6. The Morgan fingerprint density at radius 3 is 2.44 bits per heavy atom. The molecule has 7 nitrogen and oxygen atoms in total. The zero-order chi connectivity index (χ0) is 19.7. The van der Waals surface area contributed by atoms with Crippen LogP contribution < -0.4 is 0 Å². The lowest BCUT2D eigenvalue weighted by Crippen LogP contribution is -2.87. The molecular weight excluding hydrogens is 352 g/mol. The molecule has 0 amide bonds. The predicted octanol–water partition coefficient (Wildman–Crippen LogP) is -0.654. The number of carbonyl (C=O) groups is 1. The Bertz CT molecular complexity index is 749. The topological polar surface area (TPSA) is 127 Å². The van der Waals surface area contributed by atoms with E-state index < -0.39 is 70.0 Å². The van der Waals surface area contributed by atoms with Gasteiger partial charge in [-0.05, 0) is 30.3 Å². The molecule has 6 fully saturated rings. The second-order valence-corrected chi connectivity index (χ2v) is 10.1. The number of hydrogen-bond acceptors (Lipinski definition) is 7. The van der Waals surface area contributed by atoms with Gasteiger partial charge in [-0.15, -0.1) is 0 Å². The minimum atomic E-state index is -2.33. The lowest BCUT2D eigenvalue weighted by molar-refractivity contribution is -0.465. The van der Waals surface area contributed by atoms with Gasteiger partial charge in [0.25, 0.3) is 0 Å². The molecule has 0 aromatic rings. The average molecular weight is 380 g/mol. The zero-order valence-electron chi connectivity index (χ0n) is 15.6. The third kappa shape index (κ3) is 1.56. The van der Waals surface area contributed by atoms with Gasteiger partial charge in [-0.25, -0.2) is 0 Å². The summed E-state index contributed by atoms with van der Waals surface area (Å²) in [6.45, 7) is 7.67. The molecule has 7 heteroatoms. The van der Waals surface area contributed by atoms with E-state index in [-0.39, 0.29) is 18.6 Å². The van der Waals surface area contributed by atoms with Gasteiger partial charge in [-0.1, -0.05) is 20.4 Å². The standard InChI is InChI=1S/C20H28O7/c1-8-9-6-10(21)12-18-7-27-20(26,19(12,14(8)23)15(9)24)16(25)13(18)17(2,3)5-4-11(18)22/h9-13,15-16,21-22,24-26H,1,4-7H2,2-3H3. The van der Waals surface area contributed by atoms with Gasteiger partial charge in [0.15, 0.2) is 5.78 Å². The highest BCUT2D eigenvalue weighted by Crippen LogP contribution is 2.76. The van der Waals surface area contributed by atoms with Crippen molar-refractivity contribution in [3.05, 3.63) is 12.2 Å². The van der Waals surface area contributed by atoms with Gasteiger partial charge in [0.1, 0.15) is 11.5 Å². The molecule has 0 aromatic carbocycles. The van der Waals surface area contributed by atoms with Crippen molar-refractivity contribution in [1.82, 2.24) is 0 Å². The summed E-state index contributed by atoms with van der Waals surface area (Å²) in [5.74, 6) is -5.07. The van der Waals surface area contributed by atoms with Crippen molar-refractivity contribution in [3.63, 3.8) is 0 Å². The molecule has 2 aliphatic heterocycles. The smallest absolute Gasteiger partial charge is 0.208 e. The molecule has 4 bridgehead atoms. The van der Waals surface area contributed by atoms with E-state index in [0.29, 0.717) is 12.8 Å². The van der Waals surface area contributed by atoms with E-state index in [1.807, 2.05) is 13.8 Å². The van der Waals surface area contributed by atoms with Gasteiger partial charge in [0.2, 0.25) is 5.79 Å². The Labute approximate surface area is 157 Å². The Balaban J connectivity index is 1.84. The van der Waals surface area contributed by atoms with Crippen LogP contribution in [-0.4, -0.2) is 68.1 Å². The van der Waals surface area contributed by atoms with Crippen molar-refractivity contribution in [1.29, 1.82) is 0 Å². The van der Waals surface area contributed by atoms with E-state index in [9.17, 15) is 30.3 Å². The van der Waals surface area contributed by atoms with Crippen LogP contribution in [0.1, 0.15) is 33.1 Å². The summed E-state index contributed by atoms with van der Waals surface area (Å²) in [6.07, 6.45) is -3.51. The summed E-state index contributed by atoms with van der Waals surface area (Å²) < 4.78 is 5.74. The highest BCUT2D eigenvalue weighted by Gasteiger charge is 2.88. The van der Waals surface area contributed by atoms with Crippen molar-refractivity contribution >= 4 is 5.78 Å².